The highest BCUT2D eigenvalue weighted by Crippen LogP contribution is 2.36. The zero-order chi connectivity index (χ0) is 36.5. The van der Waals surface area contributed by atoms with Gasteiger partial charge >= 0.3 is 0 Å². The van der Waals surface area contributed by atoms with Gasteiger partial charge in [-0.3, -0.25) is 22.8 Å². The Morgan fingerprint density at radius 1 is 0.900 bits per heavy atom. The number of benzene rings is 3. The van der Waals surface area contributed by atoms with Crippen molar-refractivity contribution < 1.29 is 49.0 Å². The number of azo groups is 1. The first kappa shape index (κ1) is 38.1. The van der Waals surface area contributed by atoms with Gasteiger partial charge in [-0.2, -0.15) is 42.2 Å². The Bertz CT molecular complexity index is 2270. The van der Waals surface area contributed by atoms with Crippen LogP contribution in [0.25, 0.3) is 0 Å². The number of nitrogens with one attached hydrogen (secondary N) is 3. The Kier molecular flexibility index (Phi) is 12.5. The molecule has 50 heavy (non-hydrogen) atoms. The van der Waals surface area contributed by atoms with E-state index in [0.717, 1.165) is 24.3 Å². The zero-order valence-corrected chi connectivity index (χ0v) is 28.7. The molecule has 0 saturated carbocycles. The van der Waals surface area contributed by atoms with E-state index in [0.29, 0.717) is 12.3 Å². The van der Waals surface area contributed by atoms with Crippen LogP contribution in [0.2, 0.25) is 0 Å². The number of nitriles is 1. The Hall–Kier alpha value is -4.66. The van der Waals surface area contributed by atoms with E-state index in [9.17, 15) is 30.1 Å². The number of nitrogens with zero attached hydrogens (tertiary/aromatic N) is 6. The summed E-state index contributed by atoms with van der Waals surface area (Å²) in [6.07, 6.45) is 1.64. The fourth-order valence-corrected chi connectivity index (χ4v) is 6.82. The van der Waals surface area contributed by atoms with Crippen molar-refractivity contribution in [3.8, 4) is 6.19 Å². The molecule has 264 valence electrons. The number of nitrogen functional groups attached to an aromatic ring is 1. The molecule has 0 amide bonds. The molecule has 3 aromatic carbocycles. The minimum absolute atomic E-state index is 0.0364. The van der Waals surface area contributed by atoms with Crippen LogP contribution in [0.1, 0.15) is 0 Å². The van der Waals surface area contributed by atoms with Crippen LogP contribution in [0.3, 0.4) is 0 Å². The molecule has 0 radical (unpaired) electrons. The second kappa shape index (κ2) is 16.4. The fourth-order valence-electron chi connectivity index (χ4n) is 3.73. The van der Waals surface area contributed by atoms with E-state index in [4.69, 9.17) is 31.6 Å². The van der Waals surface area contributed by atoms with Gasteiger partial charge in [0, 0.05) is 10.6 Å². The summed E-state index contributed by atoms with van der Waals surface area (Å²) >= 11 is 5.50. The van der Waals surface area contributed by atoms with Crippen LogP contribution in [-0.2, 0) is 53.5 Å². The lowest BCUT2D eigenvalue weighted by molar-refractivity contribution is -0.434. The summed E-state index contributed by atoms with van der Waals surface area (Å²) in [4.78, 5) is 11.4. The molecule has 0 fully saturated rings. The second-order valence-electron chi connectivity index (χ2n) is 9.22. The third-order valence-electron chi connectivity index (χ3n) is 5.85. The molecule has 0 aliphatic heterocycles. The van der Waals surface area contributed by atoms with Gasteiger partial charge in [-0.1, -0.05) is 11.1 Å². The maximum Gasteiger partial charge on any atom is 0.296 e. The van der Waals surface area contributed by atoms with Crippen molar-refractivity contribution in [3.05, 3.63) is 60.7 Å². The predicted octanol–water partition coefficient (Wildman–Crippen LogP) is 3.85. The summed E-state index contributed by atoms with van der Waals surface area (Å²) in [6, 6.07) is 12.8. The first-order valence-electron chi connectivity index (χ1n) is 13.0. The lowest BCUT2D eigenvalue weighted by atomic mass is 10.2. The standard InChI is InChI=1S/C24H22N10O11S5/c25-13-27-22-30-23(28-15-2-1-3-17(10-15)49(37,38)39)32-24(31-22)29-19-11-18(26)21(50(40,41)42)12-20(19)34-33-14-4-6-16(7-5-14)48(36,46)9-8-43-47-45-44-35/h1-7,10-12,35H,8-9,26H2,(H,37,38,39)(H,40,41,42)(H3,27,28,29,30,31,32). The first-order valence-corrected chi connectivity index (χ1v) is 19.2. The molecular formula is C24H22N10O11S5. The summed E-state index contributed by atoms with van der Waals surface area (Å²) in [5.41, 5.74) is 5.60. The van der Waals surface area contributed by atoms with Crippen LogP contribution in [-0.4, -0.2) is 62.7 Å². The average molecular weight is 787 g/mol. The summed E-state index contributed by atoms with van der Waals surface area (Å²) in [6.45, 7) is -0.102. The molecule has 26 heteroatoms. The number of anilines is 6. The summed E-state index contributed by atoms with van der Waals surface area (Å²) in [7, 11) is -12.3. The molecule has 1 heterocycles. The molecular weight excluding hydrogens is 765 g/mol. The number of rotatable bonds is 16. The maximum absolute atomic E-state index is 12.9. The minimum atomic E-state index is -4.83. The molecule has 0 bridgehead atoms. The lowest BCUT2D eigenvalue weighted by Gasteiger charge is -2.13. The lowest BCUT2D eigenvalue weighted by Crippen LogP contribution is -2.09. The zero-order valence-electron chi connectivity index (χ0n) is 24.6. The highest BCUT2D eigenvalue weighted by atomic mass is 32.8. The van der Waals surface area contributed by atoms with Crippen LogP contribution in [0.15, 0.2) is 85.6 Å². The van der Waals surface area contributed by atoms with E-state index in [2.05, 4.69) is 50.5 Å². The number of nitrogens with two attached hydrogens (primary N) is 1. The molecule has 0 spiro atoms. The molecule has 0 aliphatic rings. The molecule has 0 aliphatic carbocycles. The molecule has 1 unspecified atom stereocenters. The Balaban J connectivity index is 1.65. The van der Waals surface area contributed by atoms with E-state index < -0.39 is 44.2 Å². The Morgan fingerprint density at radius 3 is 2.22 bits per heavy atom. The quantitative estimate of drug-likeness (QED) is 0.00975. The van der Waals surface area contributed by atoms with E-state index in [1.165, 1.54) is 36.4 Å². The first-order chi connectivity index (χ1) is 23.6. The van der Waals surface area contributed by atoms with E-state index in [1.807, 2.05) is 0 Å². The van der Waals surface area contributed by atoms with Gasteiger partial charge < -0.3 is 16.4 Å². The maximum atomic E-state index is 12.9. The molecule has 1 atom stereocenters. The van der Waals surface area contributed by atoms with Gasteiger partial charge in [-0.05, 0) is 65.8 Å². The van der Waals surface area contributed by atoms with Crippen molar-refractivity contribution in [2.45, 2.75) is 14.7 Å². The Morgan fingerprint density at radius 2 is 1.58 bits per heavy atom. The van der Waals surface area contributed by atoms with Crippen molar-refractivity contribution in [1.82, 2.24) is 15.0 Å². The van der Waals surface area contributed by atoms with Gasteiger partial charge in [0.25, 0.3) is 20.2 Å². The van der Waals surface area contributed by atoms with Crippen LogP contribution >= 0.6 is 12.3 Å². The smallest absolute Gasteiger partial charge is 0.296 e. The summed E-state index contributed by atoms with van der Waals surface area (Å²) in [5.74, 6) is -0.833. The van der Waals surface area contributed by atoms with Gasteiger partial charge in [0.1, 0.15) is 10.6 Å². The molecule has 0 saturated heterocycles. The highest BCUT2D eigenvalue weighted by molar-refractivity contribution is 8.33. The van der Waals surface area contributed by atoms with Crippen molar-refractivity contribution in [2.24, 2.45) is 10.2 Å². The fraction of sp³-hybridized carbons (Fsp3) is 0.0833. The summed E-state index contributed by atoms with van der Waals surface area (Å²) < 4.78 is 88.1. The van der Waals surface area contributed by atoms with E-state index >= 15 is 0 Å². The van der Waals surface area contributed by atoms with Crippen LogP contribution in [0, 0.1) is 11.5 Å². The summed E-state index contributed by atoms with van der Waals surface area (Å²) in [5, 5.41) is 36.4. The number of hydrogen-bond acceptors (Lipinski definition) is 21. The third-order valence-corrected chi connectivity index (χ3v) is 10.8. The predicted molar refractivity (Wildman–Crippen MR) is 180 cm³/mol. The number of aromatic nitrogens is 3. The van der Waals surface area contributed by atoms with Crippen molar-refractivity contribution in [1.29, 1.82) is 5.26 Å². The van der Waals surface area contributed by atoms with Gasteiger partial charge in [-0.25, -0.2) is 5.26 Å². The van der Waals surface area contributed by atoms with E-state index in [-0.39, 0.29) is 57.8 Å². The second-order valence-corrected chi connectivity index (χ2v) is 16.3. The Labute approximate surface area is 292 Å². The van der Waals surface area contributed by atoms with Crippen molar-refractivity contribution >= 4 is 98.5 Å². The van der Waals surface area contributed by atoms with Gasteiger partial charge in [0.05, 0.1) is 42.8 Å². The van der Waals surface area contributed by atoms with Crippen LogP contribution in [0.5, 0.6) is 0 Å². The molecule has 1 aromatic heterocycles. The molecule has 8 N–H and O–H groups in total. The third kappa shape index (κ3) is 10.7. The van der Waals surface area contributed by atoms with Gasteiger partial charge in [-0.15, -0.1) is 9.45 Å². The van der Waals surface area contributed by atoms with Crippen molar-refractivity contribution in [3.63, 3.8) is 0 Å². The number of hydrogen-bond donors (Lipinski definition) is 7. The van der Waals surface area contributed by atoms with Crippen LogP contribution in [0.4, 0.5) is 46.3 Å². The van der Waals surface area contributed by atoms with Gasteiger partial charge in [0.15, 0.2) is 18.5 Å². The molecule has 4 aromatic rings. The molecule has 21 nitrogen and oxygen atoms in total. The van der Waals surface area contributed by atoms with Crippen LogP contribution < -0.4 is 21.7 Å². The topological polar surface area (TPSA) is 323 Å². The largest absolute Gasteiger partial charge is 0.398 e. The highest BCUT2D eigenvalue weighted by Gasteiger charge is 2.20. The SMILES string of the molecule is N#CNc1nc(Nc2cccc(S(=O)(=O)O)c2)nc(Nc2cc(N)c(S(=O)(=O)O)cc2N=Nc2ccc(S(=O)(=S)CCOSOOO)cc2)n1. The van der Waals surface area contributed by atoms with Gasteiger partial charge in [0.2, 0.25) is 17.8 Å². The van der Waals surface area contributed by atoms with Crippen molar-refractivity contribution in [2.75, 3.05) is 34.0 Å². The molecule has 4 rings (SSSR count). The monoisotopic (exact) mass is 786 g/mol. The normalized spacial score (nSPS) is 13.0. The average Bonchev–Trinajstić information content (AvgIpc) is 3.04. The van der Waals surface area contributed by atoms with E-state index in [1.54, 1.807) is 6.19 Å². The minimum Gasteiger partial charge on any atom is -0.398 e.